The summed E-state index contributed by atoms with van der Waals surface area (Å²) in [6, 6.07) is 18.9. The van der Waals surface area contributed by atoms with Crippen molar-refractivity contribution < 1.29 is 4.74 Å². The van der Waals surface area contributed by atoms with Crippen LogP contribution in [0.1, 0.15) is 42.6 Å². The normalized spacial score (nSPS) is 11.3. The van der Waals surface area contributed by atoms with E-state index in [1.54, 1.807) is 7.11 Å². The first-order valence-electron chi connectivity index (χ1n) is 12.4. The molecule has 3 aromatic heterocycles. The minimum atomic E-state index is 0.774. The predicted molar refractivity (Wildman–Crippen MR) is 141 cm³/mol. The van der Waals surface area contributed by atoms with Crippen molar-refractivity contribution >= 4 is 11.2 Å². The number of fused-ring (bicyclic) bond motifs is 1. The summed E-state index contributed by atoms with van der Waals surface area (Å²) in [4.78, 5) is 10.3. The lowest BCUT2D eigenvalue weighted by atomic mass is 10.0. The second-order valence-corrected chi connectivity index (χ2v) is 9.19. The highest BCUT2D eigenvalue weighted by Crippen LogP contribution is 2.34. The van der Waals surface area contributed by atoms with Gasteiger partial charge in [-0.25, -0.2) is 9.97 Å². The van der Waals surface area contributed by atoms with Crippen molar-refractivity contribution in [2.75, 3.05) is 7.11 Å². The number of unbranched alkanes of at least 4 members (excludes halogenated alkanes) is 3. The van der Waals surface area contributed by atoms with Crippen molar-refractivity contribution in [3.8, 4) is 28.4 Å². The lowest BCUT2D eigenvalue weighted by molar-refractivity contribution is 0.371. The van der Waals surface area contributed by atoms with Crippen LogP contribution in [0.5, 0.6) is 5.88 Å². The summed E-state index contributed by atoms with van der Waals surface area (Å²) in [7, 11) is 1.71. The van der Waals surface area contributed by atoms with Gasteiger partial charge in [-0.05, 0) is 26.7 Å². The summed E-state index contributed by atoms with van der Waals surface area (Å²) in [5, 5.41) is 14.2. The third-order valence-corrected chi connectivity index (χ3v) is 6.47. The molecule has 3 heterocycles. The quantitative estimate of drug-likeness (QED) is 0.257. The number of H-pyrrole nitrogens is 1. The van der Waals surface area contributed by atoms with Crippen molar-refractivity contribution in [2.24, 2.45) is 0 Å². The molecule has 0 atom stereocenters. The second-order valence-electron chi connectivity index (χ2n) is 9.19. The molecule has 5 rings (SSSR count). The standard InChI is InChI=1S/C28H31N7O/c1-19-9-13-21(14-10-19)26-27(22-15-11-20(2)12-16-22)30-28-23(29-26)18-25(36-3)35(28)17-7-5-4-6-8-24-31-33-34-32-24/h9-16,18H,4-8,17H2,1-3H3,(H,31,32,33,34). The minimum Gasteiger partial charge on any atom is -0.482 e. The number of nitrogens with one attached hydrogen (secondary N) is 1. The monoisotopic (exact) mass is 481 g/mol. The molecular formula is C28H31N7O. The number of hydrogen-bond acceptors (Lipinski definition) is 6. The van der Waals surface area contributed by atoms with Crippen LogP contribution >= 0.6 is 0 Å². The largest absolute Gasteiger partial charge is 0.482 e. The average molecular weight is 482 g/mol. The van der Waals surface area contributed by atoms with E-state index in [2.05, 4.69) is 87.6 Å². The van der Waals surface area contributed by atoms with E-state index in [9.17, 15) is 0 Å². The molecule has 5 aromatic rings. The zero-order chi connectivity index (χ0) is 24.9. The molecule has 0 fully saturated rings. The number of aromatic amines is 1. The van der Waals surface area contributed by atoms with E-state index < -0.39 is 0 Å². The van der Waals surface area contributed by atoms with Gasteiger partial charge in [0, 0.05) is 30.2 Å². The van der Waals surface area contributed by atoms with Gasteiger partial charge in [-0.3, -0.25) is 4.57 Å². The Kier molecular flexibility index (Phi) is 7.02. The van der Waals surface area contributed by atoms with Gasteiger partial charge in [0.1, 0.15) is 5.52 Å². The van der Waals surface area contributed by atoms with Crippen molar-refractivity contribution in [2.45, 2.75) is 52.5 Å². The second kappa shape index (κ2) is 10.7. The summed E-state index contributed by atoms with van der Waals surface area (Å²) in [5.41, 5.74) is 8.00. The van der Waals surface area contributed by atoms with Crippen LogP contribution in [0.15, 0.2) is 54.6 Å². The van der Waals surface area contributed by atoms with Crippen molar-refractivity contribution in [1.29, 1.82) is 0 Å². The lowest BCUT2D eigenvalue weighted by Gasteiger charge is -2.12. The maximum Gasteiger partial charge on any atom is 0.197 e. The van der Waals surface area contributed by atoms with Crippen LogP contribution in [0.4, 0.5) is 0 Å². The number of hydrogen-bond donors (Lipinski definition) is 1. The first kappa shape index (κ1) is 23.7. The third-order valence-electron chi connectivity index (χ3n) is 6.47. The number of benzene rings is 2. The number of methoxy groups -OCH3 is 1. The topological polar surface area (TPSA) is 94.4 Å². The number of tetrazole rings is 1. The Morgan fingerprint density at radius 3 is 2.06 bits per heavy atom. The van der Waals surface area contributed by atoms with Crippen molar-refractivity contribution in [3.63, 3.8) is 0 Å². The summed E-state index contributed by atoms with van der Waals surface area (Å²) < 4.78 is 7.89. The summed E-state index contributed by atoms with van der Waals surface area (Å²) in [6.45, 7) is 5.01. The molecule has 0 saturated carbocycles. The molecule has 0 aliphatic rings. The van der Waals surface area contributed by atoms with E-state index in [-0.39, 0.29) is 0 Å². The van der Waals surface area contributed by atoms with E-state index in [1.165, 1.54) is 11.1 Å². The van der Waals surface area contributed by atoms with Crippen LogP contribution in [0.25, 0.3) is 33.7 Å². The maximum atomic E-state index is 5.74. The molecule has 2 aromatic carbocycles. The van der Waals surface area contributed by atoms with Gasteiger partial charge in [0.25, 0.3) is 0 Å². The third kappa shape index (κ3) is 5.12. The molecule has 0 aliphatic heterocycles. The van der Waals surface area contributed by atoms with Crippen LogP contribution in [0.2, 0.25) is 0 Å². The molecule has 1 N–H and O–H groups in total. The van der Waals surface area contributed by atoms with Gasteiger partial charge in [-0.2, -0.15) is 5.21 Å². The molecule has 8 heteroatoms. The zero-order valence-electron chi connectivity index (χ0n) is 21.0. The number of nitrogens with zero attached hydrogens (tertiary/aromatic N) is 6. The highest BCUT2D eigenvalue weighted by Gasteiger charge is 2.18. The maximum absolute atomic E-state index is 5.74. The Labute approximate surface area is 210 Å². The first-order chi connectivity index (χ1) is 17.6. The molecule has 0 spiro atoms. The fraction of sp³-hybridized carbons (Fsp3) is 0.321. The molecule has 0 amide bonds. The van der Waals surface area contributed by atoms with Crippen molar-refractivity contribution in [3.05, 3.63) is 71.5 Å². The number of rotatable bonds is 10. The molecule has 0 saturated heterocycles. The van der Waals surface area contributed by atoms with E-state index in [1.807, 2.05) is 6.07 Å². The van der Waals surface area contributed by atoms with Gasteiger partial charge in [0.05, 0.1) is 18.5 Å². The van der Waals surface area contributed by atoms with Crippen molar-refractivity contribution in [1.82, 2.24) is 35.2 Å². The molecule has 0 bridgehead atoms. The SMILES string of the molecule is COc1cc2nc(-c3ccc(C)cc3)c(-c3ccc(C)cc3)nc2n1CCCCCCc1nn[nH]n1. The van der Waals surface area contributed by atoms with Gasteiger partial charge in [-0.1, -0.05) is 77.7 Å². The van der Waals surface area contributed by atoms with E-state index >= 15 is 0 Å². The number of ether oxygens (including phenoxy) is 1. The van der Waals surface area contributed by atoms with E-state index in [0.717, 1.165) is 84.0 Å². The van der Waals surface area contributed by atoms with E-state index in [0.29, 0.717) is 0 Å². The van der Waals surface area contributed by atoms with Crippen LogP contribution in [0, 0.1) is 13.8 Å². The van der Waals surface area contributed by atoms with Gasteiger partial charge in [0.2, 0.25) is 0 Å². The predicted octanol–water partition coefficient (Wildman–Crippen LogP) is 5.71. The van der Waals surface area contributed by atoms with Gasteiger partial charge >= 0.3 is 0 Å². The summed E-state index contributed by atoms with van der Waals surface area (Å²) in [6.07, 6.45) is 5.11. The molecule has 0 unspecified atom stereocenters. The molecule has 0 aliphatic carbocycles. The van der Waals surface area contributed by atoms with Gasteiger partial charge in [0.15, 0.2) is 17.4 Å². The molecular weight excluding hydrogens is 450 g/mol. The molecule has 36 heavy (non-hydrogen) atoms. The lowest BCUT2D eigenvalue weighted by Crippen LogP contribution is -2.04. The summed E-state index contributed by atoms with van der Waals surface area (Å²) >= 11 is 0. The molecule has 0 radical (unpaired) electrons. The molecule has 184 valence electrons. The van der Waals surface area contributed by atoms with Crippen LogP contribution < -0.4 is 4.74 Å². The zero-order valence-corrected chi connectivity index (χ0v) is 21.0. The fourth-order valence-electron chi connectivity index (χ4n) is 4.44. The Balaban J connectivity index is 1.44. The fourth-order valence-corrected chi connectivity index (χ4v) is 4.44. The highest BCUT2D eigenvalue weighted by atomic mass is 16.5. The highest BCUT2D eigenvalue weighted by molar-refractivity contribution is 5.86. The first-order valence-corrected chi connectivity index (χ1v) is 12.4. The van der Waals surface area contributed by atoms with Crippen LogP contribution in [-0.2, 0) is 13.0 Å². The number of aromatic nitrogens is 7. The Morgan fingerprint density at radius 2 is 1.44 bits per heavy atom. The minimum absolute atomic E-state index is 0.774. The smallest absolute Gasteiger partial charge is 0.197 e. The Bertz CT molecular complexity index is 1420. The Morgan fingerprint density at radius 1 is 0.806 bits per heavy atom. The molecule has 8 nitrogen and oxygen atoms in total. The van der Waals surface area contributed by atoms with Gasteiger partial charge < -0.3 is 4.74 Å². The number of aryl methyl sites for hydroxylation is 4. The average Bonchev–Trinajstić information content (AvgIpc) is 3.54. The summed E-state index contributed by atoms with van der Waals surface area (Å²) in [5.74, 6) is 1.56. The Hall–Kier alpha value is -4.07. The van der Waals surface area contributed by atoms with Crippen LogP contribution in [-0.4, -0.2) is 42.3 Å². The van der Waals surface area contributed by atoms with Crippen LogP contribution in [0.3, 0.4) is 0 Å². The van der Waals surface area contributed by atoms with Gasteiger partial charge in [-0.15, -0.1) is 10.2 Å². The van der Waals surface area contributed by atoms with E-state index in [4.69, 9.17) is 14.7 Å².